The zero-order chi connectivity index (χ0) is 16.1. The summed E-state index contributed by atoms with van der Waals surface area (Å²) >= 11 is 0. The van der Waals surface area contributed by atoms with Crippen LogP contribution in [0.4, 0.5) is 0 Å². The van der Waals surface area contributed by atoms with Gasteiger partial charge in [0.2, 0.25) is 0 Å². The lowest BCUT2D eigenvalue weighted by Crippen LogP contribution is -2.68. The predicted octanol–water partition coefficient (Wildman–Crippen LogP) is 2.50. The largest absolute Gasteiger partial charge is 0.381 e. The Kier molecular flexibility index (Phi) is 5.39. The number of guanidine groups is 1. The van der Waals surface area contributed by atoms with E-state index in [2.05, 4.69) is 31.0 Å². The number of fused-ring (bicyclic) bond motifs is 1. The number of hydrogen-bond acceptors (Lipinski definition) is 3. The van der Waals surface area contributed by atoms with Crippen LogP contribution in [0.1, 0.15) is 40.0 Å². The maximum absolute atomic E-state index is 5.93. The van der Waals surface area contributed by atoms with Gasteiger partial charge in [0.1, 0.15) is 0 Å². The van der Waals surface area contributed by atoms with Crippen molar-refractivity contribution in [3.05, 3.63) is 0 Å². The normalized spacial score (nSPS) is 40.4. The van der Waals surface area contributed by atoms with Gasteiger partial charge in [-0.15, -0.1) is 24.0 Å². The molecule has 4 rings (SSSR count). The first kappa shape index (κ1) is 18.7. The number of halogens is 1. The summed E-state index contributed by atoms with van der Waals surface area (Å²) in [7, 11) is 0. The van der Waals surface area contributed by atoms with Crippen molar-refractivity contribution in [2.45, 2.75) is 52.2 Å². The van der Waals surface area contributed by atoms with Crippen LogP contribution in [0, 0.1) is 16.7 Å². The van der Waals surface area contributed by atoms with Gasteiger partial charge in [-0.1, -0.05) is 13.8 Å². The van der Waals surface area contributed by atoms with Crippen LogP contribution in [0.2, 0.25) is 0 Å². The zero-order valence-corrected chi connectivity index (χ0v) is 17.5. The fourth-order valence-electron chi connectivity index (χ4n) is 5.23. The van der Waals surface area contributed by atoms with E-state index in [0.29, 0.717) is 23.5 Å². The van der Waals surface area contributed by atoms with Crippen molar-refractivity contribution in [1.82, 2.24) is 10.2 Å². The van der Waals surface area contributed by atoms with Crippen LogP contribution in [-0.2, 0) is 9.47 Å². The molecule has 4 unspecified atom stereocenters. The maximum atomic E-state index is 5.93. The second kappa shape index (κ2) is 6.91. The topological polar surface area (TPSA) is 46.1 Å². The third-order valence-corrected chi connectivity index (χ3v) is 6.62. The molecule has 0 aromatic rings. The SMILES string of the molecule is CCN=C(NC1C2CCOC2C1(C)C)N1CCC2(CCOC2)C1.I. The number of ether oxygens (including phenoxy) is 2. The van der Waals surface area contributed by atoms with Crippen molar-refractivity contribution in [1.29, 1.82) is 0 Å². The molecule has 1 aliphatic carbocycles. The molecule has 5 nitrogen and oxygen atoms in total. The Morgan fingerprint density at radius 1 is 1.29 bits per heavy atom. The maximum Gasteiger partial charge on any atom is 0.194 e. The van der Waals surface area contributed by atoms with Crippen molar-refractivity contribution in [3.63, 3.8) is 0 Å². The number of hydrogen-bond donors (Lipinski definition) is 1. The average molecular weight is 449 g/mol. The third-order valence-electron chi connectivity index (χ3n) is 6.62. The van der Waals surface area contributed by atoms with E-state index in [1.165, 1.54) is 19.3 Å². The first-order valence-corrected chi connectivity index (χ1v) is 9.31. The molecule has 4 fully saturated rings. The van der Waals surface area contributed by atoms with Crippen molar-refractivity contribution >= 4 is 29.9 Å². The molecule has 4 atom stereocenters. The molecule has 3 saturated heterocycles. The van der Waals surface area contributed by atoms with Crippen molar-refractivity contribution in [3.8, 4) is 0 Å². The first-order valence-electron chi connectivity index (χ1n) is 9.31. The molecule has 4 aliphatic rings. The minimum atomic E-state index is 0. The van der Waals surface area contributed by atoms with Crippen molar-refractivity contribution in [2.75, 3.05) is 39.5 Å². The van der Waals surface area contributed by atoms with Gasteiger partial charge in [-0.25, -0.2) is 0 Å². The van der Waals surface area contributed by atoms with E-state index in [-0.39, 0.29) is 29.4 Å². The fourth-order valence-corrected chi connectivity index (χ4v) is 5.23. The minimum absolute atomic E-state index is 0. The van der Waals surface area contributed by atoms with Crippen molar-refractivity contribution < 1.29 is 9.47 Å². The van der Waals surface area contributed by atoms with E-state index < -0.39 is 0 Å². The Morgan fingerprint density at radius 2 is 2.12 bits per heavy atom. The van der Waals surface area contributed by atoms with E-state index in [4.69, 9.17) is 14.5 Å². The summed E-state index contributed by atoms with van der Waals surface area (Å²) in [4.78, 5) is 7.28. The van der Waals surface area contributed by atoms with Crippen LogP contribution in [-0.4, -0.2) is 62.5 Å². The molecular formula is C18H32IN3O2. The van der Waals surface area contributed by atoms with Crippen LogP contribution in [0.25, 0.3) is 0 Å². The lowest BCUT2D eigenvalue weighted by atomic mass is 9.57. The summed E-state index contributed by atoms with van der Waals surface area (Å²) in [6.45, 7) is 12.6. The summed E-state index contributed by atoms with van der Waals surface area (Å²) < 4.78 is 11.6. The van der Waals surface area contributed by atoms with Gasteiger partial charge < -0.3 is 19.7 Å². The monoisotopic (exact) mass is 449 g/mol. The summed E-state index contributed by atoms with van der Waals surface area (Å²) in [6.07, 6.45) is 4.05. The standard InChI is InChI=1S/C18H31N3O2.HI/c1-4-19-16(21-8-6-18(11-21)7-10-22-12-18)20-14-13-5-9-23-15(13)17(14,2)3;/h13-15H,4-12H2,1-3H3,(H,19,20);1H. The molecule has 138 valence electrons. The molecule has 0 bridgehead atoms. The lowest BCUT2D eigenvalue weighted by Gasteiger charge is -2.55. The smallest absolute Gasteiger partial charge is 0.194 e. The second-order valence-electron chi connectivity index (χ2n) is 8.46. The minimum Gasteiger partial charge on any atom is -0.381 e. The van der Waals surface area contributed by atoms with Crippen LogP contribution in [0.15, 0.2) is 4.99 Å². The molecule has 0 radical (unpaired) electrons. The summed E-state index contributed by atoms with van der Waals surface area (Å²) in [5.74, 6) is 1.76. The van der Waals surface area contributed by atoms with Crippen LogP contribution >= 0.6 is 24.0 Å². The van der Waals surface area contributed by atoms with Crippen LogP contribution in [0.5, 0.6) is 0 Å². The zero-order valence-electron chi connectivity index (χ0n) is 15.2. The molecule has 0 amide bonds. The van der Waals surface area contributed by atoms with Crippen LogP contribution in [0.3, 0.4) is 0 Å². The van der Waals surface area contributed by atoms with E-state index in [0.717, 1.165) is 45.4 Å². The van der Waals surface area contributed by atoms with Gasteiger partial charge in [0.25, 0.3) is 0 Å². The fraction of sp³-hybridized carbons (Fsp3) is 0.944. The van der Waals surface area contributed by atoms with Crippen LogP contribution < -0.4 is 5.32 Å². The Balaban J connectivity index is 0.00000169. The second-order valence-corrected chi connectivity index (χ2v) is 8.46. The molecule has 0 aromatic heterocycles. The number of rotatable bonds is 2. The van der Waals surface area contributed by atoms with Gasteiger partial charge >= 0.3 is 0 Å². The van der Waals surface area contributed by atoms with Gasteiger partial charge in [0.15, 0.2) is 5.96 Å². The van der Waals surface area contributed by atoms with E-state index in [1.807, 2.05) is 0 Å². The molecule has 1 spiro atoms. The van der Waals surface area contributed by atoms with Gasteiger partial charge in [0, 0.05) is 55.6 Å². The first-order chi connectivity index (χ1) is 11.1. The number of nitrogens with zero attached hydrogens (tertiary/aromatic N) is 2. The highest BCUT2D eigenvalue weighted by Gasteiger charge is 2.60. The molecule has 6 heteroatoms. The van der Waals surface area contributed by atoms with Gasteiger partial charge in [-0.3, -0.25) is 4.99 Å². The van der Waals surface area contributed by atoms with E-state index in [1.54, 1.807) is 0 Å². The highest BCUT2D eigenvalue weighted by atomic mass is 127. The number of likely N-dealkylation sites (tertiary alicyclic amines) is 1. The van der Waals surface area contributed by atoms with Gasteiger partial charge in [0.05, 0.1) is 12.7 Å². The van der Waals surface area contributed by atoms with Gasteiger partial charge in [-0.2, -0.15) is 0 Å². The Bertz CT molecular complexity index is 491. The predicted molar refractivity (Wildman–Crippen MR) is 106 cm³/mol. The Morgan fingerprint density at radius 3 is 2.83 bits per heavy atom. The Labute approximate surface area is 162 Å². The molecule has 3 aliphatic heterocycles. The summed E-state index contributed by atoms with van der Waals surface area (Å²) in [6, 6.07) is 0.483. The highest BCUT2D eigenvalue weighted by molar-refractivity contribution is 14.0. The van der Waals surface area contributed by atoms with E-state index >= 15 is 0 Å². The highest BCUT2D eigenvalue weighted by Crippen LogP contribution is 2.52. The molecule has 0 aromatic carbocycles. The molecule has 1 saturated carbocycles. The average Bonchev–Trinajstić information content (AvgIpc) is 3.25. The number of aliphatic imine (C=N–C) groups is 1. The molecule has 3 heterocycles. The summed E-state index contributed by atoms with van der Waals surface area (Å²) in [5.41, 5.74) is 0.577. The quantitative estimate of drug-likeness (QED) is 0.400. The van der Waals surface area contributed by atoms with E-state index in [9.17, 15) is 0 Å². The summed E-state index contributed by atoms with van der Waals surface area (Å²) in [5, 5.41) is 3.82. The Hall–Kier alpha value is -0.0800. The van der Waals surface area contributed by atoms with Crippen molar-refractivity contribution in [2.24, 2.45) is 21.7 Å². The molecule has 1 N–H and O–H groups in total. The molecule has 24 heavy (non-hydrogen) atoms. The lowest BCUT2D eigenvalue weighted by molar-refractivity contribution is -0.107. The number of nitrogens with one attached hydrogen (secondary N) is 1. The third kappa shape index (κ3) is 2.96. The molecular weight excluding hydrogens is 417 g/mol. The van der Waals surface area contributed by atoms with Gasteiger partial charge in [-0.05, 0) is 26.2 Å².